The van der Waals surface area contributed by atoms with Gasteiger partial charge in [-0.2, -0.15) is 0 Å². The van der Waals surface area contributed by atoms with Gasteiger partial charge in [0, 0.05) is 0 Å². The van der Waals surface area contributed by atoms with E-state index in [0.717, 1.165) is 37.9 Å². The molecule has 0 saturated carbocycles. The maximum atomic E-state index is 9.63. The number of aliphatic hydroxyl groups is 1. The largest absolute Gasteiger partial charge is 0.496 e. The van der Waals surface area contributed by atoms with Crippen LogP contribution in [0.4, 0.5) is 0 Å². The van der Waals surface area contributed by atoms with Crippen LogP contribution in [0.15, 0.2) is 18.2 Å². The number of unbranched alkanes of at least 4 members (excludes halogenated alkanes) is 2. The molecular weight excluding hydrogens is 248 g/mol. The maximum absolute atomic E-state index is 9.63. The highest BCUT2D eigenvalue weighted by atomic mass is 16.5. The molecule has 1 aromatic carbocycles. The molecule has 116 valence electrons. The molecule has 0 radical (unpaired) electrons. The highest BCUT2D eigenvalue weighted by Gasteiger charge is 2.11. The van der Waals surface area contributed by atoms with Gasteiger partial charge in [-0.3, -0.25) is 0 Å². The summed E-state index contributed by atoms with van der Waals surface area (Å²) >= 11 is 0. The Hall–Kier alpha value is -1.02. The van der Waals surface area contributed by atoms with Crippen molar-refractivity contribution in [2.24, 2.45) is 0 Å². The second kappa shape index (κ2) is 9.82. The molecule has 0 heterocycles. The van der Waals surface area contributed by atoms with Crippen molar-refractivity contribution in [1.29, 1.82) is 0 Å². The van der Waals surface area contributed by atoms with Crippen LogP contribution in [-0.2, 0) is 6.42 Å². The van der Waals surface area contributed by atoms with Crippen molar-refractivity contribution < 1.29 is 9.84 Å². The summed E-state index contributed by atoms with van der Waals surface area (Å²) < 4.78 is 5.37. The Bertz CT molecular complexity index is 364. The minimum atomic E-state index is -0.527. The van der Waals surface area contributed by atoms with E-state index in [4.69, 9.17) is 4.74 Å². The van der Waals surface area contributed by atoms with Crippen molar-refractivity contribution in [3.63, 3.8) is 0 Å². The van der Waals surface area contributed by atoms with Crippen LogP contribution in [0.25, 0.3) is 0 Å². The molecule has 0 aliphatic carbocycles. The van der Waals surface area contributed by atoms with Crippen LogP contribution in [-0.4, -0.2) is 17.8 Å². The van der Waals surface area contributed by atoms with E-state index in [1.165, 1.54) is 11.1 Å². The third-order valence-corrected chi connectivity index (χ3v) is 3.17. The molecule has 0 amide bonds. The Morgan fingerprint density at radius 1 is 1.10 bits per heavy atom. The fraction of sp³-hybridized carbons (Fsp3) is 0.667. The number of hydrogen-bond acceptors (Lipinski definition) is 2. The number of hydrogen-bond donors (Lipinski definition) is 1. The van der Waals surface area contributed by atoms with Crippen LogP contribution >= 0.6 is 0 Å². The summed E-state index contributed by atoms with van der Waals surface area (Å²) in [6.45, 7) is 9.85. The lowest BCUT2D eigenvalue weighted by Crippen LogP contribution is -2.17. The smallest absolute Gasteiger partial charge is 0.122 e. The Balaban J connectivity index is 0.00000172. The van der Waals surface area contributed by atoms with Crippen molar-refractivity contribution in [3.8, 4) is 5.75 Å². The van der Waals surface area contributed by atoms with E-state index < -0.39 is 5.60 Å². The van der Waals surface area contributed by atoms with E-state index >= 15 is 0 Å². The summed E-state index contributed by atoms with van der Waals surface area (Å²) in [5.74, 6) is 0.989. The van der Waals surface area contributed by atoms with Gasteiger partial charge >= 0.3 is 0 Å². The number of rotatable bonds is 7. The zero-order chi connectivity index (χ0) is 15.6. The topological polar surface area (TPSA) is 29.5 Å². The lowest BCUT2D eigenvalue weighted by Gasteiger charge is -2.16. The monoisotopic (exact) mass is 280 g/mol. The molecule has 1 N–H and O–H groups in total. The van der Waals surface area contributed by atoms with Gasteiger partial charge in [-0.1, -0.05) is 44.4 Å². The Kier molecular flexibility index (Phi) is 9.32. The second-order valence-electron chi connectivity index (χ2n) is 5.69. The van der Waals surface area contributed by atoms with E-state index in [1.54, 1.807) is 7.11 Å². The molecule has 0 spiro atoms. The van der Waals surface area contributed by atoms with Gasteiger partial charge in [-0.25, -0.2) is 0 Å². The van der Waals surface area contributed by atoms with Crippen LogP contribution in [0, 0.1) is 6.92 Å². The molecule has 2 nitrogen and oxygen atoms in total. The molecule has 0 unspecified atom stereocenters. The zero-order valence-electron chi connectivity index (χ0n) is 14.1. The fourth-order valence-corrected chi connectivity index (χ4v) is 2.15. The van der Waals surface area contributed by atoms with Crippen molar-refractivity contribution in [2.45, 2.75) is 72.3 Å². The van der Waals surface area contributed by atoms with E-state index in [0.29, 0.717) is 0 Å². The van der Waals surface area contributed by atoms with E-state index in [9.17, 15) is 5.11 Å². The van der Waals surface area contributed by atoms with Gasteiger partial charge in [0.15, 0.2) is 0 Å². The average Bonchev–Trinajstić information content (AvgIpc) is 2.39. The molecule has 0 aliphatic rings. The average molecular weight is 280 g/mol. The number of methoxy groups -OCH3 is 1. The van der Waals surface area contributed by atoms with Crippen LogP contribution in [0.1, 0.15) is 64.5 Å². The third kappa shape index (κ3) is 8.21. The van der Waals surface area contributed by atoms with Gasteiger partial charge in [0.05, 0.1) is 12.7 Å². The van der Waals surface area contributed by atoms with E-state index in [-0.39, 0.29) is 0 Å². The number of aryl methyl sites for hydroxylation is 2. The standard InChI is InChI=1S/C16H26O2.C2H6/c1-13-9-10-15(18-4)14(12-13)8-6-5-7-11-16(2,3)17;1-2/h9-10,12,17H,5-8,11H2,1-4H3;1-2H3. The normalized spacial score (nSPS) is 10.8. The summed E-state index contributed by atoms with van der Waals surface area (Å²) in [5, 5.41) is 9.63. The first-order valence-corrected chi connectivity index (χ1v) is 7.78. The molecule has 1 aromatic rings. The van der Waals surface area contributed by atoms with Gasteiger partial charge in [0.1, 0.15) is 5.75 Å². The Labute approximate surface area is 125 Å². The van der Waals surface area contributed by atoms with Crippen molar-refractivity contribution in [2.75, 3.05) is 7.11 Å². The van der Waals surface area contributed by atoms with Crippen molar-refractivity contribution in [1.82, 2.24) is 0 Å². The van der Waals surface area contributed by atoms with Crippen LogP contribution in [0.2, 0.25) is 0 Å². The summed E-state index contributed by atoms with van der Waals surface area (Å²) in [4.78, 5) is 0. The molecule has 2 heteroatoms. The molecule has 0 aromatic heterocycles. The summed E-state index contributed by atoms with van der Waals surface area (Å²) in [6.07, 6.45) is 5.31. The van der Waals surface area contributed by atoms with Crippen LogP contribution < -0.4 is 4.74 Å². The molecule has 0 fully saturated rings. The highest BCUT2D eigenvalue weighted by molar-refractivity contribution is 5.36. The van der Waals surface area contributed by atoms with Gasteiger partial charge in [-0.15, -0.1) is 0 Å². The molecule has 1 rings (SSSR count). The van der Waals surface area contributed by atoms with E-state index in [2.05, 4.69) is 19.1 Å². The minimum absolute atomic E-state index is 0.527. The summed E-state index contributed by atoms with van der Waals surface area (Å²) in [6, 6.07) is 6.33. The first kappa shape index (κ1) is 19.0. The van der Waals surface area contributed by atoms with Gasteiger partial charge in [-0.05, 0) is 51.7 Å². The van der Waals surface area contributed by atoms with Crippen LogP contribution in [0.5, 0.6) is 5.75 Å². The lowest BCUT2D eigenvalue weighted by molar-refractivity contribution is 0.0681. The SMILES string of the molecule is CC.COc1ccc(C)cc1CCCCCC(C)(C)O. The summed E-state index contributed by atoms with van der Waals surface area (Å²) in [7, 11) is 1.72. The zero-order valence-corrected chi connectivity index (χ0v) is 14.1. The highest BCUT2D eigenvalue weighted by Crippen LogP contribution is 2.22. The predicted octanol–water partition coefficient (Wildman–Crippen LogP) is 4.90. The quantitative estimate of drug-likeness (QED) is 0.720. The number of ether oxygens (including phenoxy) is 1. The van der Waals surface area contributed by atoms with Crippen molar-refractivity contribution >= 4 is 0 Å². The van der Waals surface area contributed by atoms with E-state index in [1.807, 2.05) is 33.8 Å². The lowest BCUT2D eigenvalue weighted by atomic mass is 9.98. The fourth-order valence-electron chi connectivity index (χ4n) is 2.15. The first-order valence-electron chi connectivity index (χ1n) is 7.78. The van der Waals surface area contributed by atoms with Crippen molar-refractivity contribution in [3.05, 3.63) is 29.3 Å². The van der Waals surface area contributed by atoms with Gasteiger partial charge in [0.2, 0.25) is 0 Å². The van der Waals surface area contributed by atoms with Gasteiger partial charge < -0.3 is 9.84 Å². The maximum Gasteiger partial charge on any atom is 0.122 e. The molecule has 0 bridgehead atoms. The molecule has 20 heavy (non-hydrogen) atoms. The Morgan fingerprint density at radius 2 is 1.75 bits per heavy atom. The number of benzene rings is 1. The summed E-state index contributed by atoms with van der Waals surface area (Å²) in [5.41, 5.74) is 2.05. The molecular formula is C18H32O2. The minimum Gasteiger partial charge on any atom is -0.496 e. The second-order valence-corrected chi connectivity index (χ2v) is 5.69. The van der Waals surface area contributed by atoms with Crippen LogP contribution in [0.3, 0.4) is 0 Å². The first-order chi connectivity index (χ1) is 9.42. The molecule has 0 aliphatic heterocycles. The Morgan fingerprint density at radius 3 is 2.30 bits per heavy atom. The third-order valence-electron chi connectivity index (χ3n) is 3.17. The predicted molar refractivity (Wildman–Crippen MR) is 87.5 cm³/mol. The molecule has 0 atom stereocenters. The van der Waals surface area contributed by atoms with Gasteiger partial charge in [0.25, 0.3) is 0 Å². The molecule has 0 saturated heterocycles.